The average Bonchev–Trinajstić information content (AvgIpc) is 3.26. The van der Waals surface area contributed by atoms with E-state index >= 15 is 0 Å². The van der Waals surface area contributed by atoms with Gasteiger partial charge in [0.05, 0.1) is 5.38 Å². The molecule has 35 heavy (non-hydrogen) atoms. The van der Waals surface area contributed by atoms with Crippen LogP contribution in [0, 0.1) is 0 Å². The SMILES string of the molecule is CN(CCc1ccccc1)C(=O)C(C)(Cc1c[nH]c2ccccc12)NC(=O)OC1CCCCC1Cl. The lowest BCUT2D eigenvalue weighted by Crippen LogP contribution is -2.59. The predicted octanol–water partition coefficient (Wildman–Crippen LogP) is 5.45. The Morgan fingerprint density at radius 1 is 1.11 bits per heavy atom. The first kappa shape index (κ1) is 25.1. The predicted molar refractivity (Wildman–Crippen MR) is 140 cm³/mol. The summed E-state index contributed by atoms with van der Waals surface area (Å²) in [5.41, 5.74) is 1.91. The molecular weight excluding hydrogens is 462 g/mol. The molecule has 1 heterocycles. The zero-order chi connectivity index (χ0) is 24.8. The van der Waals surface area contributed by atoms with Crippen LogP contribution >= 0.6 is 11.6 Å². The van der Waals surface area contributed by atoms with Gasteiger partial charge in [-0.15, -0.1) is 11.6 Å². The molecule has 6 nitrogen and oxygen atoms in total. The van der Waals surface area contributed by atoms with E-state index in [9.17, 15) is 9.59 Å². The van der Waals surface area contributed by atoms with Gasteiger partial charge in [0.25, 0.3) is 0 Å². The number of ether oxygens (including phenoxy) is 1. The summed E-state index contributed by atoms with van der Waals surface area (Å²) in [4.78, 5) is 31.7. The van der Waals surface area contributed by atoms with Crippen molar-refractivity contribution >= 4 is 34.5 Å². The second-order valence-corrected chi connectivity index (χ2v) is 10.3. The van der Waals surface area contributed by atoms with Crippen molar-refractivity contribution in [2.24, 2.45) is 0 Å². The van der Waals surface area contributed by atoms with Crippen LogP contribution < -0.4 is 5.32 Å². The Morgan fingerprint density at radius 3 is 2.60 bits per heavy atom. The molecule has 0 bridgehead atoms. The molecule has 3 aromatic rings. The number of benzene rings is 2. The third kappa shape index (κ3) is 6.17. The van der Waals surface area contributed by atoms with Gasteiger partial charge in [-0.2, -0.15) is 0 Å². The molecule has 2 aromatic carbocycles. The summed E-state index contributed by atoms with van der Waals surface area (Å²) in [5.74, 6) is -0.165. The average molecular weight is 496 g/mol. The standard InChI is InChI=1S/C28H34ClN3O3/c1-28(18-21-19-30-24-14-8-6-12-22(21)24,31-27(34)35-25-15-9-7-13-23(25)29)26(33)32(2)17-16-20-10-4-3-5-11-20/h3-6,8,10-12,14,19,23,25,30H,7,9,13,15-18H2,1-2H3,(H,31,34). The van der Waals surface area contributed by atoms with Crippen molar-refractivity contribution in [2.45, 2.75) is 62.5 Å². The van der Waals surface area contributed by atoms with Gasteiger partial charge < -0.3 is 19.9 Å². The molecular formula is C28H34ClN3O3. The maximum atomic E-state index is 13.8. The lowest BCUT2D eigenvalue weighted by Gasteiger charge is -2.34. The highest BCUT2D eigenvalue weighted by molar-refractivity contribution is 6.21. The van der Waals surface area contributed by atoms with Crippen molar-refractivity contribution in [3.63, 3.8) is 0 Å². The van der Waals surface area contributed by atoms with Crippen LogP contribution in [0.1, 0.15) is 43.7 Å². The number of carbonyl (C=O) groups excluding carboxylic acids is 2. The highest BCUT2D eigenvalue weighted by Crippen LogP contribution is 2.27. The number of nitrogens with one attached hydrogen (secondary N) is 2. The van der Waals surface area contributed by atoms with Gasteiger partial charge >= 0.3 is 6.09 Å². The number of hydrogen-bond acceptors (Lipinski definition) is 3. The van der Waals surface area contributed by atoms with E-state index in [0.29, 0.717) is 13.0 Å². The van der Waals surface area contributed by atoms with Crippen LogP contribution in [-0.2, 0) is 22.4 Å². The van der Waals surface area contributed by atoms with Crippen LogP contribution in [0.2, 0.25) is 0 Å². The molecule has 7 heteroatoms. The molecule has 186 valence electrons. The highest BCUT2D eigenvalue weighted by Gasteiger charge is 2.39. The van der Waals surface area contributed by atoms with Crippen LogP contribution in [0.4, 0.5) is 4.79 Å². The zero-order valence-corrected chi connectivity index (χ0v) is 21.2. The summed E-state index contributed by atoms with van der Waals surface area (Å²) >= 11 is 6.41. The van der Waals surface area contributed by atoms with Crippen LogP contribution in [0.5, 0.6) is 0 Å². The van der Waals surface area contributed by atoms with Crippen molar-refractivity contribution in [2.75, 3.05) is 13.6 Å². The Kier molecular flexibility index (Phi) is 8.01. The van der Waals surface area contributed by atoms with E-state index in [-0.39, 0.29) is 17.4 Å². The fraction of sp³-hybridized carbons (Fsp3) is 0.429. The van der Waals surface area contributed by atoms with Crippen LogP contribution in [-0.4, -0.2) is 52.5 Å². The molecule has 2 amide bonds. The topological polar surface area (TPSA) is 74.4 Å². The number of amides is 2. The maximum Gasteiger partial charge on any atom is 0.408 e. The van der Waals surface area contributed by atoms with Gasteiger partial charge in [0.2, 0.25) is 5.91 Å². The molecule has 2 N–H and O–H groups in total. The quantitative estimate of drug-likeness (QED) is 0.408. The van der Waals surface area contributed by atoms with E-state index < -0.39 is 11.6 Å². The van der Waals surface area contributed by atoms with Gasteiger partial charge in [-0.3, -0.25) is 4.79 Å². The molecule has 0 saturated heterocycles. The van der Waals surface area contributed by atoms with Gasteiger partial charge in [-0.1, -0.05) is 55.0 Å². The largest absolute Gasteiger partial charge is 0.445 e. The van der Waals surface area contributed by atoms with Gasteiger partial charge in [0.1, 0.15) is 11.6 Å². The number of alkyl halides is 1. The monoisotopic (exact) mass is 495 g/mol. The molecule has 4 rings (SSSR count). The smallest absolute Gasteiger partial charge is 0.408 e. The lowest BCUT2D eigenvalue weighted by atomic mass is 9.91. The minimum Gasteiger partial charge on any atom is -0.445 e. The molecule has 0 aliphatic heterocycles. The third-order valence-corrected chi connectivity index (χ3v) is 7.37. The number of rotatable bonds is 8. The van der Waals surface area contributed by atoms with Gasteiger partial charge in [0, 0.05) is 37.1 Å². The minimum absolute atomic E-state index is 0.165. The fourth-order valence-corrected chi connectivity index (χ4v) is 5.20. The molecule has 0 radical (unpaired) electrons. The number of H-pyrrole nitrogens is 1. The van der Waals surface area contributed by atoms with E-state index in [1.54, 1.807) is 18.9 Å². The number of halogens is 1. The molecule has 1 aliphatic carbocycles. The summed E-state index contributed by atoms with van der Waals surface area (Å²) in [6.45, 7) is 2.31. The Balaban J connectivity index is 1.52. The first-order valence-corrected chi connectivity index (χ1v) is 12.8. The van der Waals surface area contributed by atoms with Gasteiger partial charge in [0.15, 0.2) is 0 Å². The number of fused-ring (bicyclic) bond motifs is 1. The molecule has 3 unspecified atom stereocenters. The van der Waals surface area contributed by atoms with E-state index in [1.807, 2.05) is 60.8 Å². The number of para-hydroxylation sites is 1. The summed E-state index contributed by atoms with van der Waals surface area (Å²) in [6, 6.07) is 18.0. The van der Waals surface area contributed by atoms with Crippen LogP contribution in [0.25, 0.3) is 10.9 Å². The third-order valence-electron chi connectivity index (χ3n) is 6.87. The van der Waals surface area contributed by atoms with Crippen LogP contribution in [0.15, 0.2) is 60.8 Å². The summed E-state index contributed by atoms with van der Waals surface area (Å²) in [7, 11) is 1.78. The fourth-order valence-electron chi connectivity index (χ4n) is 4.87. The highest BCUT2D eigenvalue weighted by atomic mass is 35.5. The number of nitrogens with zero attached hydrogens (tertiary/aromatic N) is 1. The van der Waals surface area contributed by atoms with Crippen molar-refractivity contribution in [3.05, 3.63) is 71.9 Å². The summed E-state index contributed by atoms with van der Waals surface area (Å²) < 4.78 is 5.70. The minimum atomic E-state index is -1.19. The molecule has 1 fully saturated rings. The number of hydrogen-bond donors (Lipinski definition) is 2. The second kappa shape index (κ2) is 11.2. The number of likely N-dealkylation sites (N-methyl/N-ethyl adjacent to an activating group) is 1. The Hall–Kier alpha value is -2.99. The van der Waals surface area contributed by atoms with E-state index in [2.05, 4.69) is 10.3 Å². The number of aromatic amines is 1. The lowest BCUT2D eigenvalue weighted by molar-refractivity contribution is -0.136. The second-order valence-electron chi connectivity index (χ2n) is 9.70. The first-order chi connectivity index (χ1) is 16.9. The first-order valence-electron chi connectivity index (χ1n) is 12.3. The van der Waals surface area contributed by atoms with Crippen molar-refractivity contribution in [3.8, 4) is 0 Å². The molecule has 3 atom stereocenters. The number of aromatic nitrogens is 1. The molecule has 0 spiro atoms. The van der Waals surface area contributed by atoms with Crippen molar-refractivity contribution < 1.29 is 14.3 Å². The Labute approximate surface area is 212 Å². The number of carbonyl (C=O) groups is 2. The van der Waals surface area contributed by atoms with Gasteiger partial charge in [-0.05, 0) is 49.8 Å². The molecule has 1 aromatic heterocycles. The Morgan fingerprint density at radius 2 is 1.83 bits per heavy atom. The maximum absolute atomic E-state index is 13.8. The summed E-state index contributed by atoms with van der Waals surface area (Å²) in [6.07, 6.45) is 5.61. The Bertz CT molecular complexity index is 1150. The van der Waals surface area contributed by atoms with E-state index in [4.69, 9.17) is 16.3 Å². The van der Waals surface area contributed by atoms with Crippen molar-refractivity contribution in [1.29, 1.82) is 0 Å². The van der Waals surface area contributed by atoms with Crippen LogP contribution in [0.3, 0.4) is 0 Å². The molecule has 1 aliphatic rings. The number of alkyl carbamates (subject to hydrolysis) is 1. The van der Waals surface area contributed by atoms with E-state index in [1.165, 1.54) is 0 Å². The zero-order valence-electron chi connectivity index (χ0n) is 20.4. The normalized spacial score (nSPS) is 19.6. The van der Waals surface area contributed by atoms with E-state index in [0.717, 1.165) is 54.1 Å². The summed E-state index contributed by atoms with van der Waals surface area (Å²) in [5, 5.41) is 3.75. The van der Waals surface area contributed by atoms with Crippen molar-refractivity contribution in [1.82, 2.24) is 15.2 Å². The molecule has 1 saturated carbocycles. The van der Waals surface area contributed by atoms with Gasteiger partial charge in [-0.25, -0.2) is 4.79 Å².